The third kappa shape index (κ3) is 1.37. The lowest BCUT2D eigenvalue weighted by atomic mass is 10.1. The minimum absolute atomic E-state index is 0.559. The first-order valence-corrected chi connectivity index (χ1v) is 5.25. The van der Waals surface area contributed by atoms with E-state index in [1.807, 2.05) is 30.3 Å². The van der Waals surface area contributed by atoms with Gasteiger partial charge in [0.2, 0.25) is 0 Å². The van der Waals surface area contributed by atoms with E-state index >= 15 is 0 Å². The topological polar surface area (TPSA) is 54.5 Å². The van der Waals surface area contributed by atoms with Crippen molar-refractivity contribution in [2.75, 3.05) is 0 Å². The minimum atomic E-state index is 0.559. The van der Waals surface area contributed by atoms with Crippen molar-refractivity contribution in [3.8, 4) is 11.4 Å². The van der Waals surface area contributed by atoms with Gasteiger partial charge in [-0.2, -0.15) is 0 Å². The molecule has 3 aromatic rings. The SMILES string of the molecule is Sc1nn[nH]c1-c1nccc2ccccc12. The Balaban J connectivity index is 2.36. The summed E-state index contributed by atoms with van der Waals surface area (Å²) in [5, 5.41) is 13.1. The fourth-order valence-electron chi connectivity index (χ4n) is 1.70. The van der Waals surface area contributed by atoms with E-state index in [2.05, 4.69) is 33.0 Å². The van der Waals surface area contributed by atoms with Crippen LogP contribution in [0.25, 0.3) is 22.2 Å². The molecule has 1 N–H and O–H groups in total. The molecule has 2 heterocycles. The fourth-order valence-corrected chi connectivity index (χ4v) is 1.90. The molecule has 0 radical (unpaired) electrons. The van der Waals surface area contributed by atoms with E-state index in [1.165, 1.54) is 0 Å². The van der Waals surface area contributed by atoms with E-state index in [-0.39, 0.29) is 0 Å². The molecule has 0 atom stereocenters. The van der Waals surface area contributed by atoms with Crippen LogP contribution >= 0.6 is 12.6 Å². The van der Waals surface area contributed by atoms with Crippen LogP contribution < -0.4 is 0 Å². The number of nitrogens with zero attached hydrogens (tertiary/aromatic N) is 3. The van der Waals surface area contributed by atoms with E-state index in [0.717, 1.165) is 22.2 Å². The van der Waals surface area contributed by atoms with Crippen molar-refractivity contribution in [3.05, 3.63) is 36.5 Å². The van der Waals surface area contributed by atoms with Crippen LogP contribution in [-0.2, 0) is 0 Å². The van der Waals surface area contributed by atoms with Crippen LogP contribution in [0.1, 0.15) is 0 Å². The molecule has 0 aliphatic carbocycles. The first kappa shape index (κ1) is 9.35. The Hall–Kier alpha value is -1.88. The molecule has 0 aliphatic heterocycles. The van der Waals surface area contributed by atoms with Crippen LogP contribution in [0.3, 0.4) is 0 Å². The summed E-state index contributed by atoms with van der Waals surface area (Å²) < 4.78 is 0. The summed E-state index contributed by atoms with van der Waals surface area (Å²) in [5.41, 5.74) is 1.58. The number of thiol groups is 1. The van der Waals surface area contributed by atoms with Gasteiger partial charge in [-0.25, -0.2) is 0 Å². The molecule has 5 heteroatoms. The molecule has 16 heavy (non-hydrogen) atoms. The van der Waals surface area contributed by atoms with Gasteiger partial charge in [0.05, 0.1) is 5.69 Å². The number of hydrogen-bond acceptors (Lipinski definition) is 4. The van der Waals surface area contributed by atoms with Gasteiger partial charge in [0, 0.05) is 11.6 Å². The van der Waals surface area contributed by atoms with Gasteiger partial charge in [-0.3, -0.25) is 10.1 Å². The highest BCUT2D eigenvalue weighted by Gasteiger charge is 2.10. The lowest BCUT2D eigenvalue weighted by Crippen LogP contribution is -1.87. The molecule has 78 valence electrons. The van der Waals surface area contributed by atoms with Crippen molar-refractivity contribution < 1.29 is 0 Å². The Kier molecular flexibility index (Phi) is 2.11. The maximum atomic E-state index is 4.35. The van der Waals surface area contributed by atoms with Gasteiger partial charge >= 0.3 is 0 Å². The van der Waals surface area contributed by atoms with E-state index in [1.54, 1.807) is 6.20 Å². The highest BCUT2D eigenvalue weighted by molar-refractivity contribution is 7.80. The van der Waals surface area contributed by atoms with Crippen LogP contribution in [0.2, 0.25) is 0 Å². The van der Waals surface area contributed by atoms with Crippen LogP contribution in [-0.4, -0.2) is 20.4 Å². The molecular formula is C11H8N4S. The van der Waals surface area contributed by atoms with Crippen molar-refractivity contribution in [2.45, 2.75) is 5.03 Å². The number of rotatable bonds is 1. The lowest BCUT2D eigenvalue weighted by molar-refractivity contribution is 0.913. The number of hydrogen-bond donors (Lipinski definition) is 2. The predicted octanol–water partition coefficient (Wildman–Crippen LogP) is 2.31. The van der Waals surface area contributed by atoms with E-state index in [0.29, 0.717) is 5.03 Å². The number of aromatic amines is 1. The number of aromatic nitrogens is 4. The van der Waals surface area contributed by atoms with Gasteiger partial charge in [-0.05, 0) is 11.5 Å². The maximum absolute atomic E-state index is 4.35. The van der Waals surface area contributed by atoms with Gasteiger partial charge in [0.25, 0.3) is 0 Å². The lowest BCUT2D eigenvalue weighted by Gasteiger charge is -2.02. The molecule has 0 aliphatic rings. The summed E-state index contributed by atoms with van der Waals surface area (Å²) in [5.74, 6) is 0. The van der Waals surface area contributed by atoms with E-state index < -0.39 is 0 Å². The smallest absolute Gasteiger partial charge is 0.145 e. The second-order valence-corrected chi connectivity index (χ2v) is 3.81. The predicted molar refractivity (Wildman–Crippen MR) is 64.4 cm³/mol. The van der Waals surface area contributed by atoms with Crippen LogP contribution in [0.5, 0.6) is 0 Å². The molecular weight excluding hydrogens is 220 g/mol. The molecule has 4 nitrogen and oxygen atoms in total. The van der Waals surface area contributed by atoms with Gasteiger partial charge < -0.3 is 0 Å². The Morgan fingerprint density at radius 3 is 2.81 bits per heavy atom. The number of nitrogens with one attached hydrogen (secondary N) is 1. The van der Waals surface area contributed by atoms with Crippen molar-refractivity contribution in [1.29, 1.82) is 0 Å². The Labute approximate surface area is 97.1 Å². The fraction of sp³-hybridized carbons (Fsp3) is 0. The Morgan fingerprint density at radius 2 is 2.00 bits per heavy atom. The zero-order valence-electron chi connectivity index (χ0n) is 8.25. The third-order valence-electron chi connectivity index (χ3n) is 2.44. The number of H-pyrrole nitrogens is 1. The highest BCUT2D eigenvalue weighted by atomic mass is 32.1. The molecule has 2 aromatic heterocycles. The quantitative estimate of drug-likeness (QED) is 0.628. The summed E-state index contributed by atoms with van der Waals surface area (Å²) in [7, 11) is 0. The van der Waals surface area contributed by atoms with Crippen LogP contribution in [0, 0.1) is 0 Å². The molecule has 3 rings (SSSR count). The van der Waals surface area contributed by atoms with Gasteiger partial charge in [0.15, 0.2) is 0 Å². The minimum Gasteiger partial charge on any atom is -0.255 e. The molecule has 0 saturated heterocycles. The summed E-state index contributed by atoms with van der Waals surface area (Å²) in [6, 6.07) is 10.0. The molecule has 0 amide bonds. The maximum Gasteiger partial charge on any atom is 0.145 e. The van der Waals surface area contributed by atoms with Crippen LogP contribution in [0.15, 0.2) is 41.6 Å². The first-order valence-electron chi connectivity index (χ1n) is 4.80. The van der Waals surface area contributed by atoms with Crippen molar-refractivity contribution in [3.63, 3.8) is 0 Å². The second kappa shape index (κ2) is 3.61. The van der Waals surface area contributed by atoms with Crippen molar-refractivity contribution in [2.24, 2.45) is 0 Å². The molecule has 0 spiro atoms. The monoisotopic (exact) mass is 228 g/mol. The van der Waals surface area contributed by atoms with Gasteiger partial charge in [-0.1, -0.05) is 29.5 Å². The van der Waals surface area contributed by atoms with Crippen LogP contribution in [0.4, 0.5) is 0 Å². The number of pyridine rings is 1. The van der Waals surface area contributed by atoms with E-state index in [4.69, 9.17) is 0 Å². The molecule has 0 unspecified atom stereocenters. The van der Waals surface area contributed by atoms with Crippen molar-refractivity contribution >= 4 is 23.4 Å². The Morgan fingerprint density at radius 1 is 1.12 bits per heavy atom. The summed E-state index contributed by atoms with van der Waals surface area (Å²) >= 11 is 4.24. The average molecular weight is 228 g/mol. The summed E-state index contributed by atoms with van der Waals surface area (Å²) in [4.78, 5) is 4.35. The molecule has 0 fully saturated rings. The standard InChI is InChI=1S/C11H8N4S/c16-11-10(13-15-14-11)9-8-4-2-1-3-7(8)5-6-12-9/h1-6H,(H2,13,14,15,16). The number of fused-ring (bicyclic) bond motifs is 1. The highest BCUT2D eigenvalue weighted by Crippen LogP contribution is 2.27. The largest absolute Gasteiger partial charge is 0.255 e. The van der Waals surface area contributed by atoms with Gasteiger partial charge in [-0.15, -0.1) is 17.7 Å². The molecule has 0 bridgehead atoms. The zero-order chi connectivity index (χ0) is 11.0. The van der Waals surface area contributed by atoms with Crippen molar-refractivity contribution in [1.82, 2.24) is 20.4 Å². The van der Waals surface area contributed by atoms with E-state index in [9.17, 15) is 0 Å². The first-order chi connectivity index (χ1) is 7.86. The summed E-state index contributed by atoms with van der Waals surface area (Å²) in [6.07, 6.45) is 1.77. The molecule has 0 saturated carbocycles. The normalized spacial score (nSPS) is 10.8. The number of benzene rings is 1. The second-order valence-electron chi connectivity index (χ2n) is 3.39. The summed E-state index contributed by atoms with van der Waals surface area (Å²) in [6.45, 7) is 0. The average Bonchev–Trinajstić information content (AvgIpc) is 2.75. The Bertz CT molecular complexity index is 642. The zero-order valence-corrected chi connectivity index (χ0v) is 9.15. The molecule has 1 aromatic carbocycles. The van der Waals surface area contributed by atoms with Gasteiger partial charge in [0.1, 0.15) is 10.7 Å². The third-order valence-corrected chi connectivity index (χ3v) is 2.75.